The molecule has 0 aliphatic carbocycles. The highest BCUT2D eigenvalue weighted by Gasteiger charge is 2.23. The number of rotatable bonds is 6. The van der Waals surface area contributed by atoms with E-state index in [1.54, 1.807) is 0 Å². The summed E-state index contributed by atoms with van der Waals surface area (Å²) in [4.78, 5) is 13.7. The van der Waals surface area contributed by atoms with E-state index in [0.29, 0.717) is 12.6 Å². The first-order valence-corrected chi connectivity index (χ1v) is 5.86. The van der Waals surface area contributed by atoms with Crippen molar-refractivity contribution < 1.29 is 4.79 Å². The monoisotopic (exact) mass is 224 g/mol. The molecule has 0 aromatic heterocycles. The highest BCUT2D eigenvalue weighted by molar-refractivity contribution is 5.78. The van der Waals surface area contributed by atoms with Crippen molar-refractivity contribution in [1.29, 1.82) is 5.26 Å². The molecule has 1 atom stereocenters. The molecule has 1 heterocycles. The van der Waals surface area contributed by atoms with Crippen molar-refractivity contribution >= 4 is 5.91 Å². The van der Waals surface area contributed by atoms with Gasteiger partial charge in [-0.1, -0.05) is 6.92 Å². The molecule has 0 spiro atoms. The molecule has 1 rings (SSSR count). The predicted octanol–water partition coefficient (Wildman–Crippen LogP) is -0.300. The quantitative estimate of drug-likeness (QED) is 0.608. The highest BCUT2D eigenvalue weighted by Crippen LogP contribution is 2.08. The fourth-order valence-electron chi connectivity index (χ4n) is 2.01. The maximum atomic E-state index is 11.5. The second-order valence-electron chi connectivity index (χ2n) is 4.05. The van der Waals surface area contributed by atoms with Gasteiger partial charge in [0.25, 0.3) is 0 Å². The zero-order chi connectivity index (χ0) is 11.8. The molecule has 0 saturated carbocycles. The van der Waals surface area contributed by atoms with E-state index < -0.39 is 0 Å². The summed E-state index contributed by atoms with van der Waals surface area (Å²) in [6.07, 6.45) is 2.15. The van der Waals surface area contributed by atoms with Crippen LogP contribution in [0, 0.1) is 11.3 Å². The van der Waals surface area contributed by atoms with Crippen LogP contribution in [0.4, 0.5) is 0 Å². The fraction of sp³-hybridized carbons (Fsp3) is 0.818. The van der Waals surface area contributed by atoms with Crippen LogP contribution in [0.5, 0.6) is 0 Å². The van der Waals surface area contributed by atoms with Gasteiger partial charge >= 0.3 is 0 Å². The maximum Gasteiger partial charge on any atom is 0.235 e. The lowest BCUT2D eigenvalue weighted by atomic mass is 10.2. The number of hydrogen-bond donors (Lipinski definition) is 2. The lowest BCUT2D eigenvalue weighted by Gasteiger charge is -2.26. The Morgan fingerprint density at radius 3 is 3.06 bits per heavy atom. The molecule has 1 saturated heterocycles. The van der Waals surface area contributed by atoms with E-state index >= 15 is 0 Å². The van der Waals surface area contributed by atoms with E-state index in [1.165, 1.54) is 0 Å². The van der Waals surface area contributed by atoms with Gasteiger partial charge in [0.2, 0.25) is 5.91 Å². The molecule has 1 aliphatic heterocycles. The average molecular weight is 224 g/mol. The van der Waals surface area contributed by atoms with Gasteiger partial charge < -0.3 is 10.6 Å². The summed E-state index contributed by atoms with van der Waals surface area (Å²) < 4.78 is 0. The third-order valence-corrected chi connectivity index (χ3v) is 2.77. The Hall–Kier alpha value is -1.12. The van der Waals surface area contributed by atoms with Crippen LogP contribution < -0.4 is 10.6 Å². The Labute approximate surface area is 96.8 Å². The minimum atomic E-state index is -0.0538. The number of amides is 1. The summed E-state index contributed by atoms with van der Waals surface area (Å²) in [5, 5.41) is 14.3. The van der Waals surface area contributed by atoms with Gasteiger partial charge in [0.05, 0.1) is 12.6 Å². The Bertz CT molecular complexity index is 255. The molecule has 5 heteroatoms. The van der Waals surface area contributed by atoms with Crippen LogP contribution >= 0.6 is 0 Å². The SMILES string of the molecule is CCCN(CC(=O)NCC#N)C1CCNC1. The van der Waals surface area contributed by atoms with Crippen LogP contribution in [0.15, 0.2) is 0 Å². The van der Waals surface area contributed by atoms with E-state index in [1.807, 2.05) is 6.07 Å². The Kier molecular flexibility index (Phi) is 5.83. The largest absolute Gasteiger partial charge is 0.342 e. The minimum absolute atomic E-state index is 0.0538. The Morgan fingerprint density at radius 1 is 1.69 bits per heavy atom. The van der Waals surface area contributed by atoms with Gasteiger partial charge in [0.15, 0.2) is 0 Å². The van der Waals surface area contributed by atoms with Crippen LogP contribution in [0.2, 0.25) is 0 Å². The zero-order valence-electron chi connectivity index (χ0n) is 9.83. The van der Waals surface area contributed by atoms with E-state index in [-0.39, 0.29) is 12.5 Å². The molecule has 0 radical (unpaired) electrons. The number of carbonyl (C=O) groups excluding carboxylic acids is 1. The highest BCUT2D eigenvalue weighted by atomic mass is 16.2. The van der Waals surface area contributed by atoms with Gasteiger partial charge in [0, 0.05) is 12.6 Å². The van der Waals surface area contributed by atoms with Gasteiger partial charge in [-0.05, 0) is 25.9 Å². The third-order valence-electron chi connectivity index (χ3n) is 2.77. The lowest BCUT2D eigenvalue weighted by molar-refractivity contribution is -0.122. The van der Waals surface area contributed by atoms with Crippen LogP contribution in [-0.2, 0) is 4.79 Å². The predicted molar refractivity (Wildman–Crippen MR) is 61.8 cm³/mol. The molecule has 0 bridgehead atoms. The topological polar surface area (TPSA) is 68.2 Å². The molecule has 1 aliphatic rings. The number of nitriles is 1. The zero-order valence-corrected chi connectivity index (χ0v) is 9.83. The van der Waals surface area contributed by atoms with E-state index in [2.05, 4.69) is 22.5 Å². The van der Waals surface area contributed by atoms with Crippen LogP contribution in [0.3, 0.4) is 0 Å². The summed E-state index contributed by atoms with van der Waals surface area (Å²) in [5.74, 6) is -0.0538. The Morgan fingerprint density at radius 2 is 2.50 bits per heavy atom. The van der Waals surface area contributed by atoms with Crippen molar-refractivity contribution in [3.63, 3.8) is 0 Å². The van der Waals surface area contributed by atoms with Crippen molar-refractivity contribution in [1.82, 2.24) is 15.5 Å². The number of hydrogen-bond acceptors (Lipinski definition) is 4. The molecule has 5 nitrogen and oxygen atoms in total. The molecule has 0 aromatic carbocycles. The molecular weight excluding hydrogens is 204 g/mol. The van der Waals surface area contributed by atoms with Crippen molar-refractivity contribution in [2.24, 2.45) is 0 Å². The van der Waals surface area contributed by atoms with E-state index in [9.17, 15) is 4.79 Å². The standard InChI is InChI=1S/C11H20N4O/c1-2-7-15(10-3-5-13-8-10)9-11(16)14-6-4-12/h10,13H,2-3,5-9H2,1H3,(H,14,16). The smallest absolute Gasteiger partial charge is 0.235 e. The summed E-state index contributed by atoms with van der Waals surface area (Å²) in [6, 6.07) is 2.38. The molecule has 16 heavy (non-hydrogen) atoms. The molecular formula is C11H20N4O. The summed E-state index contributed by atoms with van der Waals surface area (Å²) in [6.45, 7) is 5.55. The van der Waals surface area contributed by atoms with Gasteiger partial charge in [-0.15, -0.1) is 0 Å². The molecule has 0 aromatic rings. The second-order valence-corrected chi connectivity index (χ2v) is 4.05. The summed E-state index contributed by atoms with van der Waals surface area (Å²) in [7, 11) is 0. The van der Waals surface area contributed by atoms with Gasteiger partial charge in [-0.2, -0.15) is 5.26 Å². The maximum absolute atomic E-state index is 11.5. The first-order chi connectivity index (χ1) is 7.77. The molecule has 1 fully saturated rings. The van der Waals surface area contributed by atoms with Crippen molar-refractivity contribution in [2.45, 2.75) is 25.8 Å². The first kappa shape index (κ1) is 12.9. The van der Waals surface area contributed by atoms with E-state index in [0.717, 1.165) is 32.5 Å². The van der Waals surface area contributed by atoms with Gasteiger partial charge in [-0.25, -0.2) is 0 Å². The van der Waals surface area contributed by atoms with Gasteiger partial charge in [-0.3, -0.25) is 9.69 Å². The van der Waals surface area contributed by atoms with Crippen molar-refractivity contribution in [3.05, 3.63) is 0 Å². The van der Waals surface area contributed by atoms with Crippen molar-refractivity contribution in [3.8, 4) is 6.07 Å². The van der Waals surface area contributed by atoms with Crippen LogP contribution in [-0.4, -0.2) is 49.6 Å². The van der Waals surface area contributed by atoms with Crippen LogP contribution in [0.25, 0.3) is 0 Å². The summed E-state index contributed by atoms with van der Waals surface area (Å²) in [5.41, 5.74) is 0. The third kappa shape index (κ3) is 4.17. The first-order valence-electron chi connectivity index (χ1n) is 5.86. The molecule has 2 N–H and O–H groups in total. The minimum Gasteiger partial charge on any atom is -0.342 e. The average Bonchev–Trinajstić information content (AvgIpc) is 2.79. The molecule has 1 amide bonds. The van der Waals surface area contributed by atoms with Crippen LogP contribution in [0.1, 0.15) is 19.8 Å². The normalized spacial score (nSPS) is 19.7. The number of nitrogens with zero attached hydrogens (tertiary/aromatic N) is 2. The molecule has 1 unspecified atom stereocenters. The van der Waals surface area contributed by atoms with E-state index in [4.69, 9.17) is 5.26 Å². The summed E-state index contributed by atoms with van der Waals surface area (Å²) >= 11 is 0. The van der Waals surface area contributed by atoms with Crippen molar-refractivity contribution in [2.75, 3.05) is 32.7 Å². The fourth-order valence-corrected chi connectivity index (χ4v) is 2.01. The lowest BCUT2D eigenvalue weighted by Crippen LogP contribution is -2.44. The Balaban J connectivity index is 2.37. The van der Waals surface area contributed by atoms with Gasteiger partial charge in [0.1, 0.15) is 6.54 Å². The number of nitrogens with one attached hydrogen (secondary N) is 2. The molecule has 90 valence electrons. The second kappa shape index (κ2) is 7.20. The number of carbonyl (C=O) groups is 1.